The Morgan fingerprint density at radius 3 is 2.62 bits per heavy atom. The van der Waals surface area contributed by atoms with Crippen molar-refractivity contribution in [1.29, 1.82) is 0 Å². The van der Waals surface area contributed by atoms with Crippen LogP contribution >= 0.6 is 0 Å². The lowest BCUT2D eigenvalue weighted by molar-refractivity contribution is -0.131. The SMILES string of the molecule is Cc1cc(/C=C/C(=O)O)cnc1Oc1ccc(CO)cc1. The molecular weight excluding hydrogens is 270 g/mol. The molecule has 5 nitrogen and oxygen atoms in total. The van der Waals surface area contributed by atoms with Crippen LogP contribution in [0, 0.1) is 6.92 Å². The minimum absolute atomic E-state index is 0.0117. The number of pyridine rings is 1. The molecule has 0 aliphatic heterocycles. The maximum Gasteiger partial charge on any atom is 0.328 e. The second kappa shape index (κ2) is 6.67. The van der Waals surface area contributed by atoms with Crippen LogP contribution in [-0.2, 0) is 11.4 Å². The maximum absolute atomic E-state index is 10.5. The quantitative estimate of drug-likeness (QED) is 0.826. The van der Waals surface area contributed by atoms with E-state index in [1.54, 1.807) is 36.5 Å². The topological polar surface area (TPSA) is 79.7 Å². The summed E-state index contributed by atoms with van der Waals surface area (Å²) in [7, 11) is 0. The van der Waals surface area contributed by atoms with Crippen LogP contribution in [0.1, 0.15) is 16.7 Å². The fourth-order valence-electron chi connectivity index (χ4n) is 1.72. The van der Waals surface area contributed by atoms with Crippen LogP contribution in [-0.4, -0.2) is 21.2 Å². The summed E-state index contributed by atoms with van der Waals surface area (Å²) in [5, 5.41) is 17.6. The molecule has 1 aromatic carbocycles. The summed E-state index contributed by atoms with van der Waals surface area (Å²) in [6.45, 7) is 1.82. The van der Waals surface area contributed by atoms with Gasteiger partial charge in [0.1, 0.15) is 5.75 Å². The first-order chi connectivity index (χ1) is 10.1. The Labute approximate surface area is 122 Å². The normalized spacial score (nSPS) is 10.8. The van der Waals surface area contributed by atoms with Crippen LogP contribution in [0.15, 0.2) is 42.6 Å². The second-order valence-corrected chi connectivity index (χ2v) is 4.47. The van der Waals surface area contributed by atoms with Gasteiger partial charge in [-0.2, -0.15) is 0 Å². The van der Waals surface area contributed by atoms with Gasteiger partial charge in [-0.25, -0.2) is 9.78 Å². The highest BCUT2D eigenvalue weighted by atomic mass is 16.5. The number of aliphatic hydroxyl groups is 1. The average Bonchev–Trinajstić information content (AvgIpc) is 2.48. The van der Waals surface area contributed by atoms with E-state index in [2.05, 4.69) is 4.98 Å². The van der Waals surface area contributed by atoms with Crippen LogP contribution in [0.25, 0.3) is 6.08 Å². The lowest BCUT2D eigenvalue weighted by Gasteiger charge is -2.08. The van der Waals surface area contributed by atoms with Gasteiger partial charge >= 0.3 is 5.97 Å². The summed E-state index contributed by atoms with van der Waals surface area (Å²) >= 11 is 0. The third-order valence-corrected chi connectivity index (χ3v) is 2.79. The van der Waals surface area contributed by atoms with Crippen molar-refractivity contribution in [3.8, 4) is 11.6 Å². The monoisotopic (exact) mass is 285 g/mol. The van der Waals surface area contributed by atoms with Crippen LogP contribution in [0.4, 0.5) is 0 Å². The third kappa shape index (κ3) is 4.15. The molecule has 2 aromatic rings. The van der Waals surface area contributed by atoms with E-state index in [0.717, 1.165) is 17.2 Å². The predicted molar refractivity (Wildman–Crippen MR) is 78.1 cm³/mol. The number of aliphatic hydroxyl groups excluding tert-OH is 1. The van der Waals surface area contributed by atoms with E-state index in [1.165, 1.54) is 6.08 Å². The zero-order valence-electron chi connectivity index (χ0n) is 11.5. The van der Waals surface area contributed by atoms with Crippen LogP contribution in [0.3, 0.4) is 0 Å². The van der Waals surface area contributed by atoms with Gasteiger partial charge in [-0.1, -0.05) is 12.1 Å². The molecule has 0 fully saturated rings. The molecule has 0 saturated carbocycles. The fraction of sp³-hybridized carbons (Fsp3) is 0.125. The number of aliphatic carboxylic acids is 1. The van der Waals surface area contributed by atoms with E-state index in [0.29, 0.717) is 17.2 Å². The Hall–Kier alpha value is -2.66. The van der Waals surface area contributed by atoms with Crippen molar-refractivity contribution >= 4 is 12.0 Å². The molecular formula is C16H15NO4. The molecule has 0 spiro atoms. The number of carboxylic acids is 1. The molecule has 0 atom stereocenters. The molecule has 0 bridgehead atoms. The van der Waals surface area contributed by atoms with Crippen molar-refractivity contribution < 1.29 is 19.7 Å². The number of ether oxygens (including phenoxy) is 1. The Bertz CT molecular complexity index is 662. The summed E-state index contributed by atoms with van der Waals surface area (Å²) in [5.41, 5.74) is 2.30. The first kappa shape index (κ1) is 14.7. The van der Waals surface area contributed by atoms with Crippen molar-refractivity contribution in [2.75, 3.05) is 0 Å². The average molecular weight is 285 g/mol. The Balaban J connectivity index is 2.14. The number of carbonyl (C=O) groups is 1. The number of nitrogens with zero attached hydrogens (tertiary/aromatic N) is 1. The van der Waals surface area contributed by atoms with E-state index in [9.17, 15) is 4.79 Å². The summed E-state index contributed by atoms with van der Waals surface area (Å²) < 4.78 is 5.66. The molecule has 2 N–H and O–H groups in total. The molecule has 0 unspecified atom stereocenters. The van der Waals surface area contributed by atoms with Crippen LogP contribution in [0.2, 0.25) is 0 Å². The van der Waals surface area contributed by atoms with Crippen molar-refractivity contribution in [3.63, 3.8) is 0 Å². The highest BCUT2D eigenvalue weighted by Gasteiger charge is 2.04. The Kier molecular flexibility index (Phi) is 4.68. The highest BCUT2D eigenvalue weighted by Crippen LogP contribution is 2.23. The molecule has 1 aromatic heterocycles. The number of rotatable bonds is 5. The molecule has 108 valence electrons. The van der Waals surface area contributed by atoms with Gasteiger partial charge in [0.05, 0.1) is 6.61 Å². The summed E-state index contributed by atoms with van der Waals surface area (Å²) in [5.74, 6) is 0.0767. The zero-order chi connectivity index (χ0) is 15.2. The van der Waals surface area contributed by atoms with E-state index in [-0.39, 0.29) is 6.61 Å². The Morgan fingerprint density at radius 1 is 1.33 bits per heavy atom. The standard InChI is InChI=1S/C16H15NO4/c1-11-8-13(4-7-15(19)20)9-17-16(11)21-14-5-2-12(10-18)3-6-14/h2-9,18H,10H2,1H3,(H,19,20)/b7-4+. The van der Waals surface area contributed by atoms with Crippen molar-refractivity contribution in [1.82, 2.24) is 4.98 Å². The molecule has 21 heavy (non-hydrogen) atoms. The number of hydrogen-bond acceptors (Lipinski definition) is 4. The zero-order valence-corrected chi connectivity index (χ0v) is 11.5. The molecule has 1 heterocycles. The number of aromatic nitrogens is 1. The first-order valence-electron chi connectivity index (χ1n) is 6.34. The van der Waals surface area contributed by atoms with E-state index in [1.807, 2.05) is 6.92 Å². The molecule has 0 aliphatic rings. The predicted octanol–water partition coefficient (Wildman–Crippen LogP) is 2.77. The van der Waals surface area contributed by atoms with Crippen LogP contribution in [0.5, 0.6) is 11.6 Å². The smallest absolute Gasteiger partial charge is 0.328 e. The van der Waals surface area contributed by atoms with Gasteiger partial charge in [0.25, 0.3) is 0 Å². The summed E-state index contributed by atoms with van der Waals surface area (Å²) in [6.07, 6.45) is 4.08. The number of carboxylic acid groups (broad SMARTS) is 1. The molecule has 0 saturated heterocycles. The van der Waals surface area contributed by atoms with Crippen LogP contribution < -0.4 is 4.74 Å². The Morgan fingerprint density at radius 2 is 2.05 bits per heavy atom. The lowest BCUT2D eigenvalue weighted by Crippen LogP contribution is -1.93. The lowest BCUT2D eigenvalue weighted by atomic mass is 10.2. The van der Waals surface area contributed by atoms with E-state index >= 15 is 0 Å². The van der Waals surface area contributed by atoms with E-state index in [4.69, 9.17) is 14.9 Å². The van der Waals surface area contributed by atoms with Gasteiger partial charge in [-0.15, -0.1) is 0 Å². The van der Waals surface area contributed by atoms with Gasteiger partial charge in [-0.05, 0) is 42.3 Å². The number of hydrogen-bond donors (Lipinski definition) is 2. The van der Waals surface area contributed by atoms with Crippen molar-refractivity contribution in [2.24, 2.45) is 0 Å². The third-order valence-electron chi connectivity index (χ3n) is 2.79. The minimum Gasteiger partial charge on any atom is -0.478 e. The van der Waals surface area contributed by atoms with Gasteiger partial charge in [0.15, 0.2) is 0 Å². The number of benzene rings is 1. The largest absolute Gasteiger partial charge is 0.478 e. The van der Waals surface area contributed by atoms with Crippen molar-refractivity contribution in [3.05, 3.63) is 59.3 Å². The molecule has 0 aliphatic carbocycles. The highest BCUT2D eigenvalue weighted by molar-refractivity contribution is 5.85. The molecule has 2 rings (SSSR count). The van der Waals surface area contributed by atoms with Gasteiger partial charge < -0.3 is 14.9 Å². The fourth-order valence-corrected chi connectivity index (χ4v) is 1.72. The number of aryl methyl sites for hydroxylation is 1. The second-order valence-electron chi connectivity index (χ2n) is 4.47. The summed E-state index contributed by atoms with van der Waals surface area (Å²) in [6, 6.07) is 8.85. The molecule has 0 radical (unpaired) electrons. The summed E-state index contributed by atoms with van der Waals surface area (Å²) in [4.78, 5) is 14.6. The maximum atomic E-state index is 10.5. The van der Waals surface area contributed by atoms with Gasteiger partial charge in [-0.3, -0.25) is 0 Å². The molecule has 0 amide bonds. The first-order valence-corrected chi connectivity index (χ1v) is 6.34. The minimum atomic E-state index is -1.00. The van der Waals surface area contributed by atoms with Gasteiger partial charge in [0.2, 0.25) is 5.88 Å². The van der Waals surface area contributed by atoms with Gasteiger partial charge in [0, 0.05) is 17.8 Å². The molecule has 5 heteroatoms. The van der Waals surface area contributed by atoms with Crippen molar-refractivity contribution in [2.45, 2.75) is 13.5 Å². The van der Waals surface area contributed by atoms with E-state index < -0.39 is 5.97 Å².